The SMILES string of the molecule is CCC(C)[C@@H](NC(=O)c1cc(Cl)ccc1NCc1ccc(C(C)C)cc1)C(=O)N[C@@H](CCC(N)=O)C(=O)O. The average molecular weight is 545 g/mol. The quantitative estimate of drug-likeness (QED) is 0.242. The van der Waals surface area contributed by atoms with Crippen LogP contribution in [0.3, 0.4) is 0 Å². The van der Waals surface area contributed by atoms with Gasteiger partial charge in [-0.05, 0) is 47.6 Å². The van der Waals surface area contributed by atoms with E-state index in [0.29, 0.717) is 29.6 Å². The molecule has 0 aliphatic heterocycles. The third-order valence-electron chi connectivity index (χ3n) is 6.43. The van der Waals surface area contributed by atoms with Gasteiger partial charge < -0.3 is 26.8 Å². The number of carbonyl (C=O) groups excluding carboxylic acids is 3. The van der Waals surface area contributed by atoms with E-state index in [2.05, 4.69) is 41.9 Å². The lowest BCUT2D eigenvalue weighted by Gasteiger charge is -2.26. The number of halogens is 1. The molecule has 9 nitrogen and oxygen atoms in total. The molecule has 0 fully saturated rings. The molecular formula is C28H37ClN4O5. The van der Waals surface area contributed by atoms with Gasteiger partial charge in [-0.15, -0.1) is 0 Å². The van der Waals surface area contributed by atoms with Crippen LogP contribution in [0.4, 0.5) is 5.69 Å². The third kappa shape index (κ3) is 9.06. The van der Waals surface area contributed by atoms with Gasteiger partial charge in [0.15, 0.2) is 0 Å². The first-order valence-electron chi connectivity index (χ1n) is 12.7. The van der Waals surface area contributed by atoms with Crippen LogP contribution >= 0.6 is 11.6 Å². The first kappa shape index (κ1) is 30.6. The number of carbonyl (C=O) groups is 4. The molecule has 0 aliphatic rings. The van der Waals surface area contributed by atoms with E-state index in [1.807, 2.05) is 19.1 Å². The fraction of sp³-hybridized carbons (Fsp3) is 0.429. The maximum Gasteiger partial charge on any atom is 0.326 e. The van der Waals surface area contributed by atoms with E-state index in [-0.39, 0.29) is 24.3 Å². The molecule has 0 saturated heterocycles. The summed E-state index contributed by atoms with van der Waals surface area (Å²) in [4.78, 5) is 49.1. The fourth-order valence-electron chi connectivity index (χ4n) is 3.80. The molecule has 206 valence electrons. The van der Waals surface area contributed by atoms with Crippen LogP contribution in [0.25, 0.3) is 0 Å². The molecule has 0 aromatic heterocycles. The van der Waals surface area contributed by atoms with Crippen molar-refractivity contribution < 1.29 is 24.3 Å². The monoisotopic (exact) mass is 544 g/mol. The summed E-state index contributed by atoms with van der Waals surface area (Å²) in [7, 11) is 0. The molecule has 0 spiro atoms. The number of benzene rings is 2. The molecule has 0 bridgehead atoms. The van der Waals surface area contributed by atoms with Crippen molar-refractivity contribution in [3.8, 4) is 0 Å². The number of hydrogen-bond acceptors (Lipinski definition) is 5. The van der Waals surface area contributed by atoms with Gasteiger partial charge in [0.25, 0.3) is 5.91 Å². The summed E-state index contributed by atoms with van der Waals surface area (Å²) in [6.07, 6.45) is 0.192. The highest BCUT2D eigenvalue weighted by molar-refractivity contribution is 6.31. The summed E-state index contributed by atoms with van der Waals surface area (Å²) in [6.45, 7) is 8.36. The smallest absolute Gasteiger partial charge is 0.326 e. The summed E-state index contributed by atoms with van der Waals surface area (Å²) in [5.41, 5.74) is 8.17. The Kier molecular flexibility index (Phi) is 11.6. The van der Waals surface area contributed by atoms with E-state index < -0.39 is 35.8 Å². The van der Waals surface area contributed by atoms with E-state index in [1.165, 1.54) is 11.6 Å². The Morgan fingerprint density at radius 3 is 2.21 bits per heavy atom. The van der Waals surface area contributed by atoms with Gasteiger partial charge >= 0.3 is 5.97 Å². The second kappa shape index (κ2) is 14.4. The van der Waals surface area contributed by atoms with Crippen molar-refractivity contribution in [1.29, 1.82) is 0 Å². The van der Waals surface area contributed by atoms with Crippen LogP contribution in [0.15, 0.2) is 42.5 Å². The Labute approximate surface area is 228 Å². The molecular weight excluding hydrogens is 508 g/mol. The summed E-state index contributed by atoms with van der Waals surface area (Å²) >= 11 is 6.19. The lowest BCUT2D eigenvalue weighted by molar-refractivity contribution is -0.142. The lowest BCUT2D eigenvalue weighted by Crippen LogP contribution is -2.54. The zero-order chi connectivity index (χ0) is 28.4. The predicted octanol–water partition coefficient (Wildman–Crippen LogP) is 4.05. The minimum absolute atomic E-state index is 0.155. The van der Waals surface area contributed by atoms with Crippen LogP contribution in [0.1, 0.15) is 74.4 Å². The van der Waals surface area contributed by atoms with Gasteiger partial charge in [-0.3, -0.25) is 14.4 Å². The number of primary amides is 1. The van der Waals surface area contributed by atoms with E-state index in [0.717, 1.165) is 5.56 Å². The Morgan fingerprint density at radius 1 is 1.00 bits per heavy atom. The zero-order valence-electron chi connectivity index (χ0n) is 22.2. The fourth-order valence-corrected chi connectivity index (χ4v) is 3.97. The molecule has 2 aromatic carbocycles. The summed E-state index contributed by atoms with van der Waals surface area (Å²) < 4.78 is 0. The van der Waals surface area contributed by atoms with Crippen LogP contribution < -0.4 is 21.7 Å². The van der Waals surface area contributed by atoms with E-state index in [1.54, 1.807) is 19.1 Å². The molecule has 0 heterocycles. The molecule has 2 aromatic rings. The van der Waals surface area contributed by atoms with Gasteiger partial charge in [-0.25, -0.2) is 4.79 Å². The van der Waals surface area contributed by atoms with Crippen LogP contribution in [0.2, 0.25) is 5.02 Å². The molecule has 3 atom stereocenters. The van der Waals surface area contributed by atoms with Crippen molar-refractivity contribution in [3.63, 3.8) is 0 Å². The van der Waals surface area contributed by atoms with Crippen LogP contribution in [-0.4, -0.2) is 40.9 Å². The minimum atomic E-state index is -1.32. The van der Waals surface area contributed by atoms with Crippen molar-refractivity contribution in [2.75, 3.05) is 5.32 Å². The molecule has 1 unspecified atom stereocenters. The summed E-state index contributed by atoms with van der Waals surface area (Å²) in [5, 5.41) is 18.2. The molecule has 0 radical (unpaired) electrons. The molecule has 0 aliphatic carbocycles. The Balaban J connectivity index is 2.21. The van der Waals surface area contributed by atoms with E-state index in [9.17, 15) is 24.3 Å². The van der Waals surface area contributed by atoms with Crippen LogP contribution in [0, 0.1) is 5.92 Å². The zero-order valence-corrected chi connectivity index (χ0v) is 23.0. The molecule has 6 N–H and O–H groups in total. The van der Waals surface area contributed by atoms with Crippen molar-refractivity contribution in [3.05, 3.63) is 64.2 Å². The summed E-state index contributed by atoms with van der Waals surface area (Å²) in [6, 6.07) is 10.7. The number of nitrogens with one attached hydrogen (secondary N) is 3. The molecule has 0 saturated carbocycles. The van der Waals surface area contributed by atoms with Gasteiger partial charge in [0.1, 0.15) is 12.1 Å². The summed E-state index contributed by atoms with van der Waals surface area (Å²) in [5.74, 6) is -3.04. The van der Waals surface area contributed by atoms with Gasteiger partial charge in [-0.1, -0.05) is 70.0 Å². The number of carboxylic acid groups (broad SMARTS) is 1. The topological polar surface area (TPSA) is 151 Å². The molecule has 38 heavy (non-hydrogen) atoms. The van der Waals surface area contributed by atoms with Crippen molar-refractivity contribution in [1.82, 2.24) is 10.6 Å². The molecule has 3 amide bonds. The van der Waals surface area contributed by atoms with Gasteiger partial charge in [0.05, 0.1) is 5.56 Å². The maximum atomic E-state index is 13.4. The maximum absolute atomic E-state index is 13.4. The standard InChI is InChI=1S/C28H37ClN4O5/c1-5-17(4)25(27(36)32-23(28(37)38)12-13-24(30)34)33-26(35)21-14-20(29)10-11-22(21)31-15-18-6-8-19(9-7-18)16(2)3/h6-11,14,16-17,23,25,31H,5,12-13,15H2,1-4H3,(H2,30,34)(H,32,36)(H,33,35)(H,37,38)/t17?,23-,25+/m0/s1. The number of carboxylic acids is 1. The predicted molar refractivity (Wildman–Crippen MR) is 148 cm³/mol. The number of amides is 3. The van der Waals surface area contributed by atoms with Crippen LogP contribution in [0.5, 0.6) is 0 Å². The van der Waals surface area contributed by atoms with Crippen molar-refractivity contribution >= 4 is 41.0 Å². The molecule has 2 rings (SSSR count). The first-order chi connectivity index (χ1) is 17.9. The number of hydrogen-bond donors (Lipinski definition) is 5. The highest BCUT2D eigenvalue weighted by atomic mass is 35.5. The number of rotatable bonds is 14. The first-order valence-corrected chi connectivity index (χ1v) is 13.0. The largest absolute Gasteiger partial charge is 0.480 e. The number of aliphatic carboxylic acids is 1. The van der Waals surface area contributed by atoms with Crippen LogP contribution in [-0.2, 0) is 20.9 Å². The minimum Gasteiger partial charge on any atom is -0.480 e. The van der Waals surface area contributed by atoms with Gasteiger partial charge in [0, 0.05) is 23.7 Å². The van der Waals surface area contributed by atoms with Crippen molar-refractivity contribution in [2.45, 2.75) is 71.5 Å². The highest BCUT2D eigenvalue weighted by Crippen LogP contribution is 2.23. The third-order valence-corrected chi connectivity index (χ3v) is 6.67. The number of nitrogens with two attached hydrogens (primary N) is 1. The van der Waals surface area contributed by atoms with Gasteiger partial charge in [0.2, 0.25) is 11.8 Å². The average Bonchev–Trinajstić information content (AvgIpc) is 2.88. The lowest BCUT2D eigenvalue weighted by atomic mass is 9.97. The van der Waals surface area contributed by atoms with E-state index in [4.69, 9.17) is 17.3 Å². The second-order valence-corrected chi connectivity index (χ2v) is 10.1. The number of anilines is 1. The second-order valence-electron chi connectivity index (χ2n) is 9.68. The highest BCUT2D eigenvalue weighted by Gasteiger charge is 2.30. The molecule has 10 heteroatoms. The van der Waals surface area contributed by atoms with Crippen molar-refractivity contribution in [2.24, 2.45) is 11.7 Å². The van der Waals surface area contributed by atoms with E-state index >= 15 is 0 Å². The van der Waals surface area contributed by atoms with Gasteiger partial charge in [-0.2, -0.15) is 0 Å². The Bertz CT molecular complexity index is 1140. The normalized spacial score (nSPS) is 13.3. The Hall–Kier alpha value is -3.59. The Morgan fingerprint density at radius 2 is 1.66 bits per heavy atom.